The maximum atomic E-state index is 12.6. The Balaban J connectivity index is 1.84. The molecule has 0 N–H and O–H groups in total. The Morgan fingerprint density at radius 3 is 2.38 bits per heavy atom. The first kappa shape index (κ1) is 19.2. The van der Waals surface area contributed by atoms with Crippen LogP contribution in [0.1, 0.15) is 44.0 Å². The predicted molar refractivity (Wildman–Crippen MR) is 101 cm³/mol. The molecule has 2 bridgehead atoms. The highest BCUT2D eigenvalue weighted by Crippen LogP contribution is 2.35. The first-order valence-electron chi connectivity index (χ1n) is 8.56. The van der Waals surface area contributed by atoms with E-state index in [9.17, 15) is 9.59 Å². The number of nitrogens with zero attached hydrogens (tertiary/aromatic N) is 4. The third-order valence-electron chi connectivity index (χ3n) is 4.54. The summed E-state index contributed by atoms with van der Waals surface area (Å²) in [5.41, 5.74) is -0.222. The number of carbonyl (C=O) groups is 2. The molecule has 1 aromatic rings. The number of aldehydes is 1. The molecule has 142 valence electrons. The maximum Gasteiger partial charge on any atom is 0.410 e. The van der Waals surface area contributed by atoms with Gasteiger partial charge in [0, 0.05) is 13.1 Å². The van der Waals surface area contributed by atoms with E-state index in [0.717, 1.165) is 12.8 Å². The summed E-state index contributed by atoms with van der Waals surface area (Å²) >= 11 is 7.54. The van der Waals surface area contributed by atoms with Crippen LogP contribution >= 0.6 is 23.4 Å². The third kappa shape index (κ3) is 3.76. The summed E-state index contributed by atoms with van der Waals surface area (Å²) in [6.07, 6.45) is 4.10. The molecule has 3 rings (SSSR count). The van der Waals surface area contributed by atoms with Gasteiger partial charge in [-0.2, -0.15) is 0 Å². The van der Waals surface area contributed by atoms with Crippen LogP contribution in [0.5, 0.6) is 0 Å². The fourth-order valence-electron chi connectivity index (χ4n) is 3.53. The molecular weight excluding hydrogens is 376 g/mol. The fraction of sp³-hybridized carbons (Fsp3) is 0.647. The SMILES string of the molecule is CSc1nc(Cl)c(C=O)c(N2CC3CCC(C2)N3C(=O)OC(C)(C)C)n1. The molecule has 0 aromatic carbocycles. The zero-order valence-corrected chi connectivity index (χ0v) is 16.9. The molecule has 1 aromatic heterocycles. The molecule has 2 aliphatic rings. The number of anilines is 1. The number of rotatable bonds is 3. The number of carbonyl (C=O) groups excluding carboxylic acids is 2. The molecule has 2 unspecified atom stereocenters. The van der Waals surface area contributed by atoms with Crippen molar-refractivity contribution in [2.45, 2.75) is 56.5 Å². The fourth-order valence-corrected chi connectivity index (χ4v) is 4.15. The maximum absolute atomic E-state index is 12.6. The van der Waals surface area contributed by atoms with Gasteiger partial charge >= 0.3 is 6.09 Å². The largest absolute Gasteiger partial charge is 0.444 e. The van der Waals surface area contributed by atoms with E-state index in [1.807, 2.05) is 36.8 Å². The Morgan fingerprint density at radius 1 is 1.27 bits per heavy atom. The van der Waals surface area contributed by atoms with E-state index >= 15 is 0 Å². The van der Waals surface area contributed by atoms with Gasteiger partial charge in [-0.15, -0.1) is 0 Å². The smallest absolute Gasteiger partial charge is 0.410 e. The van der Waals surface area contributed by atoms with Gasteiger partial charge in [-0.1, -0.05) is 23.4 Å². The summed E-state index contributed by atoms with van der Waals surface area (Å²) in [5.74, 6) is 0.546. The number of aromatic nitrogens is 2. The van der Waals surface area contributed by atoms with Crippen molar-refractivity contribution < 1.29 is 14.3 Å². The lowest BCUT2D eigenvalue weighted by Gasteiger charge is -2.42. The number of amides is 1. The van der Waals surface area contributed by atoms with Crippen LogP contribution in [0.3, 0.4) is 0 Å². The Labute approximate surface area is 162 Å². The highest BCUT2D eigenvalue weighted by Gasteiger charge is 2.45. The van der Waals surface area contributed by atoms with E-state index in [0.29, 0.717) is 35.9 Å². The van der Waals surface area contributed by atoms with Crippen LogP contribution in [0.4, 0.5) is 10.6 Å². The van der Waals surface area contributed by atoms with E-state index in [4.69, 9.17) is 16.3 Å². The van der Waals surface area contributed by atoms with Crippen molar-refractivity contribution in [2.24, 2.45) is 0 Å². The molecule has 2 saturated heterocycles. The van der Waals surface area contributed by atoms with E-state index in [1.165, 1.54) is 11.8 Å². The minimum Gasteiger partial charge on any atom is -0.444 e. The van der Waals surface area contributed by atoms with Crippen molar-refractivity contribution in [1.82, 2.24) is 14.9 Å². The predicted octanol–water partition coefficient (Wildman–Crippen LogP) is 3.25. The molecule has 0 spiro atoms. The van der Waals surface area contributed by atoms with Gasteiger partial charge in [0.1, 0.15) is 16.6 Å². The van der Waals surface area contributed by atoms with Gasteiger partial charge in [0.2, 0.25) is 0 Å². The summed E-state index contributed by atoms with van der Waals surface area (Å²) in [6.45, 7) is 6.79. The van der Waals surface area contributed by atoms with Crippen molar-refractivity contribution in [3.05, 3.63) is 10.7 Å². The van der Waals surface area contributed by atoms with Gasteiger partial charge in [0.05, 0.1) is 17.6 Å². The average Bonchev–Trinajstić information content (AvgIpc) is 2.83. The van der Waals surface area contributed by atoms with Gasteiger partial charge in [-0.3, -0.25) is 9.69 Å². The van der Waals surface area contributed by atoms with Crippen molar-refractivity contribution in [3.63, 3.8) is 0 Å². The number of ether oxygens (including phenoxy) is 1. The molecule has 2 atom stereocenters. The zero-order chi connectivity index (χ0) is 19.1. The number of fused-ring (bicyclic) bond motifs is 2. The van der Waals surface area contributed by atoms with E-state index in [-0.39, 0.29) is 23.3 Å². The number of thioether (sulfide) groups is 1. The molecule has 2 fully saturated rings. The first-order valence-corrected chi connectivity index (χ1v) is 10.2. The highest BCUT2D eigenvalue weighted by molar-refractivity contribution is 7.98. The second kappa shape index (κ2) is 7.23. The highest BCUT2D eigenvalue weighted by atomic mass is 35.5. The molecule has 26 heavy (non-hydrogen) atoms. The summed E-state index contributed by atoms with van der Waals surface area (Å²) < 4.78 is 5.56. The van der Waals surface area contributed by atoms with Crippen LogP contribution in [0.25, 0.3) is 0 Å². The van der Waals surface area contributed by atoms with Crippen LogP contribution in [-0.2, 0) is 4.74 Å². The summed E-state index contributed by atoms with van der Waals surface area (Å²) in [6, 6.07) is 0.0733. The second-order valence-corrected chi connectivity index (χ2v) is 8.67. The van der Waals surface area contributed by atoms with E-state index in [1.54, 1.807) is 0 Å². The van der Waals surface area contributed by atoms with Gasteiger partial charge in [-0.25, -0.2) is 14.8 Å². The third-order valence-corrected chi connectivity index (χ3v) is 5.38. The minimum absolute atomic E-state index is 0.0366. The quantitative estimate of drug-likeness (QED) is 0.335. The minimum atomic E-state index is -0.522. The molecule has 7 nitrogen and oxygen atoms in total. The second-order valence-electron chi connectivity index (χ2n) is 7.53. The zero-order valence-electron chi connectivity index (χ0n) is 15.4. The van der Waals surface area contributed by atoms with Crippen LogP contribution in [0.2, 0.25) is 5.15 Å². The summed E-state index contributed by atoms with van der Waals surface area (Å²) in [4.78, 5) is 36.6. The van der Waals surface area contributed by atoms with Crippen molar-refractivity contribution in [3.8, 4) is 0 Å². The van der Waals surface area contributed by atoms with Crippen molar-refractivity contribution in [2.75, 3.05) is 24.2 Å². The normalized spacial score (nSPS) is 22.5. The van der Waals surface area contributed by atoms with Gasteiger partial charge < -0.3 is 9.64 Å². The molecule has 0 aliphatic carbocycles. The van der Waals surface area contributed by atoms with Crippen LogP contribution in [0, 0.1) is 0 Å². The average molecular weight is 399 g/mol. The van der Waals surface area contributed by atoms with E-state index < -0.39 is 5.60 Å². The van der Waals surface area contributed by atoms with Crippen molar-refractivity contribution >= 4 is 41.6 Å². The van der Waals surface area contributed by atoms with E-state index in [2.05, 4.69) is 9.97 Å². The number of hydrogen-bond acceptors (Lipinski definition) is 7. The molecule has 9 heteroatoms. The van der Waals surface area contributed by atoms with Crippen molar-refractivity contribution in [1.29, 1.82) is 0 Å². The van der Waals surface area contributed by atoms with Crippen LogP contribution in [0.15, 0.2) is 5.16 Å². The lowest BCUT2D eigenvalue weighted by Crippen LogP contribution is -2.57. The van der Waals surface area contributed by atoms with Gasteiger partial charge in [0.15, 0.2) is 11.4 Å². The lowest BCUT2D eigenvalue weighted by molar-refractivity contribution is 0.0122. The monoisotopic (exact) mass is 398 g/mol. The molecule has 2 aliphatic heterocycles. The van der Waals surface area contributed by atoms with Gasteiger partial charge in [0.25, 0.3) is 0 Å². The first-order chi connectivity index (χ1) is 12.2. The molecular formula is C17H23ClN4O3S. The topological polar surface area (TPSA) is 75.6 Å². The number of halogens is 1. The van der Waals surface area contributed by atoms with Crippen LogP contribution < -0.4 is 4.90 Å². The number of piperazine rings is 1. The Hall–Kier alpha value is -1.54. The molecule has 3 heterocycles. The number of hydrogen-bond donors (Lipinski definition) is 0. The Morgan fingerprint density at radius 2 is 1.88 bits per heavy atom. The molecule has 0 saturated carbocycles. The van der Waals surface area contributed by atoms with Gasteiger partial charge in [-0.05, 0) is 39.9 Å². The standard InChI is InChI=1S/C17H23ClN4O3S/c1-17(2,3)25-16(24)22-10-5-6-11(22)8-21(7-10)14-12(9-23)13(18)19-15(20-14)26-4/h9-11H,5-8H2,1-4H3. The summed E-state index contributed by atoms with van der Waals surface area (Å²) in [7, 11) is 0. The lowest BCUT2D eigenvalue weighted by atomic mass is 10.1. The summed E-state index contributed by atoms with van der Waals surface area (Å²) in [5, 5.41) is 0.689. The molecule has 0 radical (unpaired) electrons. The Bertz CT molecular complexity index is 711. The van der Waals surface area contributed by atoms with Crippen LogP contribution in [-0.4, -0.2) is 64.3 Å². The Kier molecular flexibility index (Phi) is 5.35. The molecule has 1 amide bonds.